The van der Waals surface area contributed by atoms with Crippen LogP contribution in [0.1, 0.15) is 29.9 Å². The first kappa shape index (κ1) is 26.8. The van der Waals surface area contributed by atoms with Gasteiger partial charge in [0.05, 0.1) is 45.7 Å². The number of ketones is 1. The molecule has 6 rings (SSSR count). The lowest BCUT2D eigenvalue weighted by Gasteiger charge is -2.24. The number of ether oxygens (including phenoxy) is 2. The third-order valence-corrected chi connectivity index (χ3v) is 8.45. The van der Waals surface area contributed by atoms with Gasteiger partial charge in [0.1, 0.15) is 17.1 Å². The number of aromatic hydroxyl groups is 1. The zero-order valence-corrected chi connectivity index (χ0v) is 24.5. The molecule has 0 saturated carbocycles. The summed E-state index contributed by atoms with van der Waals surface area (Å²) >= 11 is 4.56. The Balaban J connectivity index is 1.61. The third-order valence-electron chi connectivity index (χ3n) is 6.83. The van der Waals surface area contributed by atoms with Crippen LogP contribution in [0.3, 0.4) is 0 Å². The Morgan fingerprint density at radius 1 is 1.15 bits per heavy atom. The fourth-order valence-corrected chi connectivity index (χ4v) is 6.51. The maximum Gasteiger partial charge on any atom is 0.301 e. The molecule has 10 nitrogen and oxygen atoms in total. The van der Waals surface area contributed by atoms with Gasteiger partial charge >= 0.3 is 5.91 Å². The summed E-state index contributed by atoms with van der Waals surface area (Å²) in [6.07, 6.45) is 1.72. The topological polar surface area (TPSA) is 126 Å². The molecule has 0 spiro atoms. The number of carbonyl (C=O) groups excluding carboxylic acids is 2. The molecule has 4 heterocycles. The van der Waals surface area contributed by atoms with Gasteiger partial charge in [-0.1, -0.05) is 17.4 Å². The second-order valence-electron chi connectivity index (χ2n) is 9.26. The molecule has 2 aromatic carbocycles. The van der Waals surface area contributed by atoms with E-state index in [4.69, 9.17) is 9.47 Å². The summed E-state index contributed by atoms with van der Waals surface area (Å²) in [6.45, 7) is 4.10. The van der Waals surface area contributed by atoms with Gasteiger partial charge in [0.25, 0.3) is 5.78 Å². The van der Waals surface area contributed by atoms with Crippen molar-refractivity contribution < 1.29 is 29.3 Å². The number of aliphatic hydroxyl groups is 1. The number of imidazole rings is 1. The Bertz CT molecular complexity index is 1910. The Labute approximate surface area is 246 Å². The highest BCUT2D eigenvalue weighted by molar-refractivity contribution is 9.10. The molecule has 208 valence electrons. The minimum atomic E-state index is -1.10. The first-order valence-corrected chi connectivity index (χ1v) is 14.2. The summed E-state index contributed by atoms with van der Waals surface area (Å²) in [5.74, 6) is -1.48. The van der Waals surface area contributed by atoms with E-state index in [1.54, 1.807) is 47.9 Å². The van der Waals surface area contributed by atoms with E-state index in [2.05, 4.69) is 25.9 Å². The van der Waals surface area contributed by atoms with Gasteiger partial charge in [-0.05, 0) is 77.8 Å². The van der Waals surface area contributed by atoms with Crippen molar-refractivity contribution in [2.24, 2.45) is 0 Å². The summed E-state index contributed by atoms with van der Waals surface area (Å²) in [4.78, 5) is 37.9. The number of phenols is 1. The van der Waals surface area contributed by atoms with Gasteiger partial charge in [-0.25, -0.2) is 9.97 Å². The van der Waals surface area contributed by atoms with E-state index in [1.165, 1.54) is 29.4 Å². The summed E-state index contributed by atoms with van der Waals surface area (Å²) in [5.41, 5.74) is 2.23. The largest absolute Gasteiger partial charge is 0.505 e. The number of carbonyl (C=O) groups is 2. The Morgan fingerprint density at radius 3 is 2.71 bits per heavy atom. The van der Waals surface area contributed by atoms with Crippen LogP contribution in [0.25, 0.3) is 21.6 Å². The average Bonchev–Trinajstić information content (AvgIpc) is 3.60. The Hall–Kier alpha value is -4.42. The zero-order valence-electron chi connectivity index (χ0n) is 22.1. The number of fused-ring (bicyclic) bond motifs is 2. The second-order valence-corrected chi connectivity index (χ2v) is 11.1. The van der Waals surface area contributed by atoms with E-state index >= 15 is 0 Å². The summed E-state index contributed by atoms with van der Waals surface area (Å²) in [6, 6.07) is 12.8. The van der Waals surface area contributed by atoms with Crippen LogP contribution >= 0.6 is 27.3 Å². The first-order valence-electron chi connectivity index (χ1n) is 12.6. The number of aryl methyl sites for hydroxylation is 1. The monoisotopic (exact) mass is 634 g/mol. The second kappa shape index (κ2) is 10.2. The number of phenolic OH excluding ortho intramolecular Hbond substituents is 1. The molecular weight excluding hydrogens is 612 g/mol. The molecule has 12 heteroatoms. The van der Waals surface area contributed by atoms with Gasteiger partial charge in [-0.15, -0.1) is 0 Å². The Kier molecular flexibility index (Phi) is 6.66. The van der Waals surface area contributed by atoms with E-state index in [1.807, 2.05) is 19.1 Å². The minimum Gasteiger partial charge on any atom is -0.505 e. The number of aromatic nitrogens is 3. The van der Waals surface area contributed by atoms with Gasteiger partial charge in [0.15, 0.2) is 22.4 Å². The lowest BCUT2D eigenvalue weighted by molar-refractivity contribution is -0.132. The molecule has 1 fully saturated rings. The van der Waals surface area contributed by atoms with Gasteiger partial charge in [-0.3, -0.25) is 18.9 Å². The molecule has 3 aromatic heterocycles. The molecule has 1 aliphatic heterocycles. The summed E-state index contributed by atoms with van der Waals surface area (Å²) < 4.78 is 13.7. The number of hydrogen-bond acceptors (Lipinski definition) is 9. The van der Waals surface area contributed by atoms with Crippen molar-refractivity contribution in [3.05, 3.63) is 81.7 Å². The van der Waals surface area contributed by atoms with Crippen LogP contribution in [0.15, 0.2) is 64.8 Å². The van der Waals surface area contributed by atoms with Crippen LogP contribution in [0.2, 0.25) is 0 Å². The fraction of sp³-hybridized carbons (Fsp3) is 0.172. The van der Waals surface area contributed by atoms with E-state index in [0.717, 1.165) is 4.70 Å². The summed E-state index contributed by atoms with van der Waals surface area (Å²) in [5, 5.41) is 22.5. The number of benzene rings is 2. The molecule has 1 atom stereocenters. The molecule has 1 saturated heterocycles. The molecule has 1 unspecified atom stereocenters. The number of pyridine rings is 1. The highest BCUT2D eigenvalue weighted by Gasteiger charge is 2.49. The number of thiazole rings is 1. The fourth-order valence-electron chi connectivity index (χ4n) is 5.03. The van der Waals surface area contributed by atoms with Crippen molar-refractivity contribution in [2.75, 3.05) is 18.6 Å². The number of aliphatic hydroxyl groups excluding tert-OH is 1. The highest BCUT2D eigenvalue weighted by atomic mass is 79.9. The lowest BCUT2D eigenvalue weighted by atomic mass is 9.96. The van der Waals surface area contributed by atoms with Crippen molar-refractivity contribution in [2.45, 2.75) is 19.9 Å². The SMILES string of the molecule is CCOc1ccc2nc(N3C(=O)C(=O)/C(=C(/O)c4c(C)nc5ccccn45)C3c3cc(Br)c(O)c(OC)c3)sc2c1. The van der Waals surface area contributed by atoms with Crippen molar-refractivity contribution >= 4 is 65.7 Å². The standard InChI is InChI=1S/C29H23BrN4O6S/c1-4-40-16-8-9-18-20(13-16)41-29(32-18)34-24(15-11-17(30)25(35)19(12-15)39-3)22(27(37)28(34)38)26(36)23-14(2)31-21-7-5-6-10-33(21)23/h5-13,24,35-36H,4H2,1-3H3/b26-22+. The smallest absolute Gasteiger partial charge is 0.301 e. The maximum atomic E-state index is 13.7. The van der Waals surface area contributed by atoms with Crippen LogP contribution in [0, 0.1) is 6.92 Å². The molecule has 5 aromatic rings. The third kappa shape index (κ3) is 4.30. The van der Waals surface area contributed by atoms with E-state index < -0.39 is 17.7 Å². The molecule has 0 aliphatic carbocycles. The number of rotatable bonds is 6. The first-order chi connectivity index (χ1) is 19.7. The minimum absolute atomic E-state index is 0.122. The Morgan fingerprint density at radius 2 is 1.95 bits per heavy atom. The number of halogens is 1. The van der Waals surface area contributed by atoms with E-state index in [-0.39, 0.29) is 32.4 Å². The van der Waals surface area contributed by atoms with E-state index in [9.17, 15) is 19.8 Å². The molecule has 0 bridgehead atoms. The van der Waals surface area contributed by atoms with Crippen LogP contribution < -0.4 is 14.4 Å². The number of hydrogen-bond donors (Lipinski definition) is 2. The van der Waals surface area contributed by atoms with Crippen LogP contribution in [-0.2, 0) is 9.59 Å². The van der Waals surface area contributed by atoms with Crippen LogP contribution in [0.4, 0.5) is 5.13 Å². The normalized spacial score (nSPS) is 16.7. The molecule has 1 amide bonds. The molecule has 2 N–H and O–H groups in total. The van der Waals surface area contributed by atoms with Gasteiger partial charge in [0, 0.05) is 6.20 Å². The van der Waals surface area contributed by atoms with Crippen molar-refractivity contribution in [3.63, 3.8) is 0 Å². The molecule has 1 aliphatic rings. The number of amides is 1. The van der Waals surface area contributed by atoms with E-state index in [0.29, 0.717) is 40.5 Å². The number of nitrogens with zero attached hydrogens (tertiary/aromatic N) is 4. The highest BCUT2D eigenvalue weighted by Crippen LogP contribution is 2.47. The maximum absolute atomic E-state index is 13.7. The average molecular weight is 635 g/mol. The molecule has 0 radical (unpaired) electrons. The molecule has 41 heavy (non-hydrogen) atoms. The van der Waals surface area contributed by atoms with Crippen molar-refractivity contribution in [3.8, 4) is 17.2 Å². The number of methoxy groups -OCH3 is 1. The van der Waals surface area contributed by atoms with Crippen LogP contribution in [0.5, 0.6) is 17.2 Å². The van der Waals surface area contributed by atoms with Gasteiger partial charge < -0.3 is 19.7 Å². The molecular formula is C29H23BrN4O6S. The van der Waals surface area contributed by atoms with Crippen LogP contribution in [-0.4, -0.2) is 50.0 Å². The van der Waals surface area contributed by atoms with Crippen molar-refractivity contribution in [1.82, 2.24) is 14.4 Å². The predicted molar refractivity (Wildman–Crippen MR) is 158 cm³/mol. The zero-order chi connectivity index (χ0) is 29.0. The summed E-state index contributed by atoms with van der Waals surface area (Å²) in [7, 11) is 1.40. The number of Topliss-reactive ketones (excluding diaryl/α,β-unsaturated/α-hetero) is 1. The quantitative estimate of drug-likeness (QED) is 0.137. The van der Waals surface area contributed by atoms with Crippen molar-refractivity contribution in [1.29, 1.82) is 0 Å². The predicted octanol–water partition coefficient (Wildman–Crippen LogP) is 5.75. The van der Waals surface area contributed by atoms with Gasteiger partial charge in [0.2, 0.25) is 0 Å². The lowest BCUT2D eigenvalue weighted by Crippen LogP contribution is -2.29. The number of anilines is 1. The van der Waals surface area contributed by atoms with Gasteiger partial charge in [-0.2, -0.15) is 0 Å².